The van der Waals surface area contributed by atoms with Crippen LogP contribution in [0.5, 0.6) is 0 Å². The molecule has 1 amide bonds. The van der Waals surface area contributed by atoms with Gasteiger partial charge in [0.2, 0.25) is 6.29 Å². The Hall–Kier alpha value is -3.61. The van der Waals surface area contributed by atoms with Crippen LogP contribution in [0.2, 0.25) is 0 Å². The molecule has 0 aromatic heterocycles. The van der Waals surface area contributed by atoms with Gasteiger partial charge >= 0.3 is 0 Å². The molecule has 1 aliphatic heterocycles. The lowest BCUT2D eigenvalue weighted by atomic mass is 9.78. The summed E-state index contributed by atoms with van der Waals surface area (Å²) < 4.78 is 12.2. The molecule has 4 N–H and O–H groups in total. The zero-order valence-electron chi connectivity index (χ0n) is 20.4. The van der Waals surface area contributed by atoms with Crippen LogP contribution in [0.25, 0.3) is 11.1 Å². The zero-order chi connectivity index (χ0) is 25.1. The van der Waals surface area contributed by atoms with E-state index in [0.29, 0.717) is 30.8 Å². The maximum absolute atomic E-state index is 13.3. The number of rotatable bonds is 8. The van der Waals surface area contributed by atoms with E-state index < -0.39 is 6.29 Å². The van der Waals surface area contributed by atoms with Crippen molar-refractivity contribution in [2.24, 2.45) is 5.92 Å². The normalized spacial score (nSPS) is 20.2. The summed E-state index contributed by atoms with van der Waals surface area (Å²) in [6.07, 6.45) is 3.50. The van der Waals surface area contributed by atoms with Crippen LogP contribution < -0.4 is 11.1 Å². The summed E-state index contributed by atoms with van der Waals surface area (Å²) in [5, 5.41) is 12.5. The highest BCUT2D eigenvalue weighted by molar-refractivity contribution is 6.04. The number of nitrogen functional groups attached to an aromatic ring is 1. The summed E-state index contributed by atoms with van der Waals surface area (Å²) in [7, 11) is 0. The average molecular weight is 485 g/mol. The number of carbonyl (C=O) groups excluding carboxylic acids is 1. The van der Waals surface area contributed by atoms with Crippen LogP contribution in [-0.2, 0) is 20.7 Å². The number of para-hydroxylation sites is 2. The molecular weight excluding hydrogens is 452 g/mol. The molecule has 0 radical (unpaired) electrons. The van der Waals surface area contributed by atoms with Crippen molar-refractivity contribution in [2.45, 2.75) is 38.4 Å². The van der Waals surface area contributed by atoms with Gasteiger partial charge in [0.25, 0.3) is 5.91 Å². The standard InChI is InChI=1S/C30H32N2O4/c1-2-35-30-23(13-8-16-33)25(18-28(36-30)29(34)32-27-15-6-5-14-26(27)31)22-12-7-11-21-20-10-4-3-9-19(20)17-24(21)22/h3-7,9-12,14-15,18,23,25,30,33H,2,8,13,16-17,31H2,1H3,(H,32,34)/t23-,25-,30-/m0/s1. The molecule has 2 aliphatic rings. The Kier molecular flexibility index (Phi) is 7.07. The highest BCUT2D eigenvalue weighted by Gasteiger charge is 2.39. The number of ether oxygens (including phenoxy) is 2. The molecule has 0 fully saturated rings. The second-order valence-electron chi connectivity index (χ2n) is 9.28. The van der Waals surface area contributed by atoms with Crippen molar-refractivity contribution in [1.29, 1.82) is 0 Å². The van der Waals surface area contributed by atoms with E-state index in [-0.39, 0.29) is 30.1 Å². The second-order valence-corrected chi connectivity index (χ2v) is 9.28. The Bertz CT molecular complexity index is 1290. The fraction of sp³-hybridized carbons (Fsp3) is 0.300. The van der Waals surface area contributed by atoms with E-state index in [9.17, 15) is 9.90 Å². The number of fused-ring (bicyclic) bond motifs is 3. The summed E-state index contributed by atoms with van der Waals surface area (Å²) >= 11 is 0. The van der Waals surface area contributed by atoms with E-state index in [0.717, 1.165) is 6.42 Å². The minimum atomic E-state index is -0.606. The van der Waals surface area contributed by atoms with Gasteiger partial charge in [0, 0.05) is 25.0 Å². The number of allylic oxidation sites excluding steroid dienone is 1. The molecule has 3 aromatic rings. The molecule has 186 valence electrons. The molecular formula is C30H32N2O4. The first-order chi connectivity index (χ1) is 17.6. The Morgan fingerprint density at radius 2 is 1.86 bits per heavy atom. The van der Waals surface area contributed by atoms with E-state index in [1.807, 2.05) is 25.1 Å². The third-order valence-electron chi connectivity index (χ3n) is 7.09. The molecule has 3 aromatic carbocycles. The van der Waals surface area contributed by atoms with Crippen LogP contribution in [0.1, 0.15) is 42.4 Å². The summed E-state index contributed by atoms with van der Waals surface area (Å²) in [6.45, 7) is 2.46. The van der Waals surface area contributed by atoms with Gasteiger partial charge in [0.1, 0.15) is 0 Å². The fourth-order valence-electron chi connectivity index (χ4n) is 5.41. The summed E-state index contributed by atoms with van der Waals surface area (Å²) in [6, 6.07) is 22.0. The number of benzene rings is 3. The van der Waals surface area contributed by atoms with Crippen LogP contribution >= 0.6 is 0 Å². The van der Waals surface area contributed by atoms with Crippen molar-refractivity contribution in [3.05, 3.63) is 95.3 Å². The van der Waals surface area contributed by atoms with E-state index >= 15 is 0 Å². The predicted octanol–water partition coefficient (Wildman–Crippen LogP) is 5.23. The fourth-order valence-corrected chi connectivity index (χ4v) is 5.41. The molecule has 0 saturated heterocycles. The number of anilines is 2. The van der Waals surface area contributed by atoms with E-state index in [2.05, 4.69) is 47.8 Å². The van der Waals surface area contributed by atoms with Crippen molar-refractivity contribution in [2.75, 3.05) is 24.3 Å². The number of aliphatic hydroxyl groups is 1. The summed E-state index contributed by atoms with van der Waals surface area (Å²) in [5.41, 5.74) is 13.3. The summed E-state index contributed by atoms with van der Waals surface area (Å²) in [4.78, 5) is 13.3. The minimum absolute atomic E-state index is 0.0503. The van der Waals surface area contributed by atoms with Gasteiger partial charge in [-0.3, -0.25) is 4.79 Å². The van der Waals surface area contributed by atoms with Crippen molar-refractivity contribution >= 4 is 17.3 Å². The summed E-state index contributed by atoms with van der Waals surface area (Å²) in [5.74, 6) is -0.306. The van der Waals surface area contributed by atoms with Gasteiger partial charge in [0.05, 0.1) is 11.4 Å². The smallest absolute Gasteiger partial charge is 0.290 e. The van der Waals surface area contributed by atoms with Gasteiger partial charge in [-0.2, -0.15) is 0 Å². The topological polar surface area (TPSA) is 93.8 Å². The molecule has 36 heavy (non-hydrogen) atoms. The average Bonchev–Trinajstić information content (AvgIpc) is 3.28. The minimum Gasteiger partial charge on any atom is -0.459 e. The van der Waals surface area contributed by atoms with Crippen LogP contribution in [0, 0.1) is 5.92 Å². The van der Waals surface area contributed by atoms with Crippen LogP contribution in [-0.4, -0.2) is 30.5 Å². The molecule has 5 rings (SSSR count). The third-order valence-corrected chi connectivity index (χ3v) is 7.09. The van der Waals surface area contributed by atoms with E-state index in [1.165, 1.54) is 27.8 Å². The molecule has 0 saturated carbocycles. The van der Waals surface area contributed by atoms with Gasteiger partial charge in [-0.25, -0.2) is 0 Å². The zero-order valence-corrected chi connectivity index (χ0v) is 20.4. The Morgan fingerprint density at radius 3 is 2.67 bits per heavy atom. The van der Waals surface area contributed by atoms with Crippen molar-refractivity contribution < 1.29 is 19.4 Å². The predicted molar refractivity (Wildman–Crippen MR) is 141 cm³/mol. The van der Waals surface area contributed by atoms with Crippen LogP contribution in [0.4, 0.5) is 11.4 Å². The van der Waals surface area contributed by atoms with Gasteiger partial charge in [-0.1, -0.05) is 54.6 Å². The molecule has 1 heterocycles. The quantitative estimate of drug-likeness (QED) is 0.298. The van der Waals surface area contributed by atoms with E-state index in [4.69, 9.17) is 15.2 Å². The maximum atomic E-state index is 13.3. The molecule has 3 atom stereocenters. The van der Waals surface area contributed by atoms with Crippen LogP contribution in [0.15, 0.2) is 78.6 Å². The first-order valence-corrected chi connectivity index (χ1v) is 12.6. The molecule has 0 bridgehead atoms. The third kappa shape index (κ3) is 4.62. The van der Waals surface area contributed by atoms with Gasteiger partial charge in [0.15, 0.2) is 5.76 Å². The molecule has 6 heteroatoms. The Labute approximate surface area is 211 Å². The molecule has 6 nitrogen and oxygen atoms in total. The lowest BCUT2D eigenvalue weighted by Gasteiger charge is -2.37. The first kappa shape index (κ1) is 24.1. The molecule has 1 aliphatic carbocycles. The number of amides is 1. The monoisotopic (exact) mass is 484 g/mol. The molecule has 0 unspecified atom stereocenters. The lowest BCUT2D eigenvalue weighted by Crippen LogP contribution is -2.37. The highest BCUT2D eigenvalue weighted by Crippen LogP contribution is 2.46. The Balaban J connectivity index is 1.56. The largest absolute Gasteiger partial charge is 0.459 e. The number of nitrogens with two attached hydrogens (primary N) is 1. The number of hydrogen-bond acceptors (Lipinski definition) is 5. The Morgan fingerprint density at radius 1 is 1.08 bits per heavy atom. The number of hydrogen-bond donors (Lipinski definition) is 3. The highest BCUT2D eigenvalue weighted by atomic mass is 16.7. The van der Waals surface area contributed by atoms with Crippen molar-refractivity contribution in [1.82, 2.24) is 0 Å². The number of nitrogens with one attached hydrogen (secondary N) is 1. The van der Waals surface area contributed by atoms with Gasteiger partial charge in [-0.15, -0.1) is 0 Å². The van der Waals surface area contributed by atoms with Crippen molar-refractivity contribution in [3.8, 4) is 11.1 Å². The number of aliphatic hydroxyl groups excluding tert-OH is 1. The van der Waals surface area contributed by atoms with Gasteiger partial charge in [-0.05, 0) is 72.2 Å². The maximum Gasteiger partial charge on any atom is 0.290 e. The van der Waals surface area contributed by atoms with Gasteiger partial charge < -0.3 is 25.6 Å². The SMILES string of the molecule is CCO[C@H]1OC(C(=O)Nc2ccccc2N)=C[C@@H](c2cccc3c2Cc2ccccc2-3)[C@@H]1CCCO. The first-order valence-electron chi connectivity index (χ1n) is 12.6. The molecule has 0 spiro atoms. The van der Waals surface area contributed by atoms with Crippen LogP contribution in [0.3, 0.4) is 0 Å². The van der Waals surface area contributed by atoms with E-state index in [1.54, 1.807) is 12.1 Å². The number of carbonyl (C=O) groups is 1. The second kappa shape index (κ2) is 10.6. The van der Waals surface area contributed by atoms with Crippen molar-refractivity contribution in [3.63, 3.8) is 0 Å². The lowest BCUT2D eigenvalue weighted by molar-refractivity contribution is -0.165.